The van der Waals surface area contributed by atoms with Gasteiger partial charge in [-0.15, -0.1) is 0 Å². The van der Waals surface area contributed by atoms with Gasteiger partial charge in [0.15, 0.2) is 0 Å². The van der Waals surface area contributed by atoms with Gasteiger partial charge >= 0.3 is 0 Å². The molecule has 0 radical (unpaired) electrons. The summed E-state index contributed by atoms with van der Waals surface area (Å²) in [5.41, 5.74) is 1.52. The predicted octanol–water partition coefficient (Wildman–Crippen LogP) is 5.62. The quantitative estimate of drug-likeness (QED) is 0.366. The number of benzene rings is 3. The molecular weight excluding hydrogens is 458 g/mol. The summed E-state index contributed by atoms with van der Waals surface area (Å²) in [4.78, 5) is 2.56. The molecule has 0 atom stereocenters. The minimum Gasteiger partial charge on any atom is -0.407 e. The number of aliphatic hydroxyl groups excluding tert-OH is 1. The van der Waals surface area contributed by atoms with E-state index in [0.29, 0.717) is 0 Å². The van der Waals surface area contributed by atoms with Gasteiger partial charge in [-0.1, -0.05) is 112 Å². The monoisotopic (exact) mass is 501 g/mol. The van der Waals surface area contributed by atoms with E-state index in [0.717, 1.165) is 51.9 Å². The third kappa shape index (κ3) is 6.00. The highest BCUT2D eigenvalue weighted by Gasteiger charge is 2.50. The van der Waals surface area contributed by atoms with Crippen molar-refractivity contribution in [3.63, 3.8) is 0 Å². The molecule has 4 heteroatoms. The first-order valence-corrected chi connectivity index (χ1v) is 15.4. The topological polar surface area (TPSA) is 32.7 Å². The Balaban J connectivity index is 1.51. The molecule has 4 rings (SSSR count). The molecule has 192 valence electrons. The Hall–Kier alpha value is -2.24. The Kier molecular flexibility index (Phi) is 8.84. The molecule has 1 aliphatic heterocycles. The third-order valence-electron chi connectivity index (χ3n) is 8.18. The van der Waals surface area contributed by atoms with Gasteiger partial charge in [-0.05, 0) is 65.2 Å². The molecular formula is C32H43NO2Si. The van der Waals surface area contributed by atoms with Crippen molar-refractivity contribution in [3.05, 3.63) is 96.6 Å². The van der Waals surface area contributed by atoms with Crippen LogP contribution < -0.4 is 10.4 Å². The van der Waals surface area contributed by atoms with Gasteiger partial charge in [-0.3, -0.25) is 4.90 Å². The highest BCUT2D eigenvalue weighted by atomic mass is 28.4. The van der Waals surface area contributed by atoms with Crippen LogP contribution in [0.25, 0.3) is 0 Å². The van der Waals surface area contributed by atoms with Gasteiger partial charge in [0.2, 0.25) is 0 Å². The van der Waals surface area contributed by atoms with E-state index < -0.39 is 8.32 Å². The maximum Gasteiger partial charge on any atom is 0.261 e. The van der Waals surface area contributed by atoms with Crippen LogP contribution in [0.4, 0.5) is 0 Å². The van der Waals surface area contributed by atoms with E-state index in [-0.39, 0.29) is 17.1 Å². The van der Waals surface area contributed by atoms with Crippen LogP contribution in [-0.2, 0) is 11.0 Å². The number of hydrogen-bond donors (Lipinski definition) is 1. The second kappa shape index (κ2) is 11.9. The maximum atomic E-state index is 9.98. The van der Waals surface area contributed by atoms with E-state index in [1.807, 2.05) is 0 Å². The molecule has 0 unspecified atom stereocenters. The summed E-state index contributed by atoms with van der Waals surface area (Å²) in [6, 6.07) is 32.6. The molecule has 0 bridgehead atoms. The van der Waals surface area contributed by atoms with Gasteiger partial charge in [0.05, 0.1) is 0 Å². The van der Waals surface area contributed by atoms with Crippen molar-refractivity contribution in [2.75, 3.05) is 26.3 Å². The maximum absolute atomic E-state index is 9.98. The van der Waals surface area contributed by atoms with E-state index in [1.54, 1.807) is 0 Å². The molecule has 1 fully saturated rings. The molecule has 1 heterocycles. The Labute approximate surface area is 219 Å². The fraction of sp³-hybridized carbons (Fsp3) is 0.438. The summed E-state index contributed by atoms with van der Waals surface area (Å²) in [6.45, 7) is 11.2. The lowest BCUT2D eigenvalue weighted by atomic mass is 9.73. The lowest BCUT2D eigenvalue weighted by Crippen LogP contribution is -2.66. The van der Waals surface area contributed by atoms with Crippen molar-refractivity contribution in [2.45, 2.75) is 58.0 Å². The molecule has 3 nitrogen and oxygen atoms in total. The zero-order valence-electron chi connectivity index (χ0n) is 22.3. The largest absolute Gasteiger partial charge is 0.407 e. The molecule has 36 heavy (non-hydrogen) atoms. The Bertz CT molecular complexity index is 1000. The van der Waals surface area contributed by atoms with Crippen LogP contribution in [0.15, 0.2) is 91.0 Å². The Morgan fingerprint density at radius 2 is 1.28 bits per heavy atom. The molecule has 0 spiro atoms. The first-order valence-electron chi connectivity index (χ1n) is 13.5. The van der Waals surface area contributed by atoms with Crippen LogP contribution in [0.5, 0.6) is 0 Å². The zero-order chi connectivity index (χ0) is 25.5. The van der Waals surface area contributed by atoms with Crippen LogP contribution in [0.1, 0.15) is 52.0 Å². The van der Waals surface area contributed by atoms with E-state index in [4.69, 9.17) is 4.43 Å². The SMILES string of the molecule is CC(C)(C)[Si](OCCC1(CCO)CCN(Cc2ccccc2)CC1)(c1ccccc1)c1ccccc1. The lowest BCUT2D eigenvalue weighted by Gasteiger charge is -2.45. The van der Waals surface area contributed by atoms with E-state index in [9.17, 15) is 5.11 Å². The minimum atomic E-state index is -2.53. The fourth-order valence-corrected chi connectivity index (χ4v) is 10.6. The van der Waals surface area contributed by atoms with Crippen molar-refractivity contribution < 1.29 is 9.53 Å². The lowest BCUT2D eigenvalue weighted by molar-refractivity contribution is 0.0515. The summed E-state index contributed by atoms with van der Waals surface area (Å²) in [6.07, 6.45) is 4.09. The highest BCUT2D eigenvalue weighted by molar-refractivity contribution is 6.99. The summed E-state index contributed by atoms with van der Waals surface area (Å²) in [5.74, 6) is 0. The van der Waals surface area contributed by atoms with E-state index in [1.165, 1.54) is 15.9 Å². The van der Waals surface area contributed by atoms with E-state index >= 15 is 0 Å². The number of nitrogens with zero attached hydrogens (tertiary/aromatic N) is 1. The summed E-state index contributed by atoms with van der Waals surface area (Å²) in [5, 5.41) is 12.6. The van der Waals surface area contributed by atoms with Gasteiger partial charge in [0.1, 0.15) is 0 Å². The second-order valence-corrected chi connectivity index (χ2v) is 15.8. The Morgan fingerprint density at radius 1 is 0.778 bits per heavy atom. The third-order valence-corrected chi connectivity index (χ3v) is 13.2. The molecule has 0 aliphatic carbocycles. The Morgan fingerprint density at radius 3 is 1.75 bits per heavy atom. The summed E-state index contributed by atoms with van der Waals surface area (Å²) >= 11 is 0. The normalized spacial score (nSPS) is 16.7. The van der Waals surface area contributed by atoms with Gasteiger partial charge in [0.25, 0.3) is 8.32 Å². The summed E-state index contributed by atoms with van der Waals surface area (Å²) < 4.78 is 7.21. The van der Waals surface area contributed by atoms with Crippen molar-refractivity contribution in [1.82, 2.24) is 4.90 Å². The first kappa shape index (κ1) is 26.8. The van der Waals surface area contributed by atoms with Crippen LogP contribution in [0.3, 0.4) is 0 Å². The van der Waals surface area contributed by atoms with Crippen LogP contribution >= 0.6 is 0 Å². The van der Waals surface area contributed by atoms with Crippen molar-refractivity contribution >= 4 is 18.7 Å². The van der Waals surface area contributed by atoms with Crippen molar-refractivity contribution in [1.29, 1.82) is 0 Å². The van der Waals surface area contributed by atoms with Crippen LogP contribution in [0.2, 0.25) is 5.04 Å². The second-order valence-electron chi connectivity index (χ2n) is 11.5. The van der Waals surface area contributed by atoms with Crippen molar-refractivity contribution in [3.8, 4) is 0 Å². The van der Waals surface area contributed by atoms with E-state index in [2.05, 4.69) is 117 Å². The number of rotatable bonds is 10. The minimum absolute atomic E-state index is 0.0150. The molecule has 0 aromatic heterocycles. The van der Waals surface area contributed by atoms with Crippen LogP contribution in [-0.4, -0.2) is 44.6 Å². The van der Waals surface area contributed by atoms with Gasteiger partial charge < -0.3 is 9.53 Å². The molecule has 1 N–H and O–H groups in total. The average molecular weight is 502 g/mol. The van der Waals surface area contributed by atoms with Gasteiger partial charge in [-0.2, -0.15) is 0 Å². The number of likely N-dealkylation sites (tertiary alicyclic amines) is 1. The standard InChI is InChI=1S/C32H43NO2Si/c1-31(2,3)36(29-15-9-5-10-16-29,30-17-11-6-12-18-30)35-26-22-32(21-25-34)19-23-33(24-20-32)27-28-13-7-4-8-14-28/h4-18,34H,19-27H2,1-3H3. The predicted molar refractivity (Wildman–Crippen MR) is 153 cm³/mol. The molecule has 0 amide bonds. The fourth-order valence-electron chi connectivity index (χ4n) is 6.07. The van der Waals surface area contributed by atoms with Gasteiger partial charge in [-0.25, -0.2) is 0 Å². The number of hydrogen-bond acceptors (Lipinski definition) is 3. The molecule has 1 saturated heterocycles. The highest BCUT2D eigenvalue weighted by Crippen LogP contribution is 2.41. The summed E-state index contributed by atoms with van der Waals surface area (Å²) in [7, 11) is -2.53. The molecule has 0 saturated carbocycles. The molecule has 1 aliphatic rings. The van der Waals surface area contributed by atoms with Crippen molar-refractivity contribution in [2.24, 2.45) is 5.41 Å². The van der Waals surface area contributed by atoms with Crippen LogP contribution in [0, 0.1) is 5.41 Å². The first-order chi connectivity index (χ1) is 17.4. The molecule has 3 aromatic rings. The molecule has 3 aromatic carbocycles. The number of aliphatic hydroxyl groups is 1. The smallest absolute Gasteiger partial charge is 0.261 e. The van der Waals surface area contributed by atoms with Gasteiger partial charge in [0, 0.05) is 19.8 Å². The number of piperidine rings is 1. The zero-order valence-corrected chi connectivity index (χ0v) is 23.3. The average Bonchev–Trinajstić information content (AvgIpc) is 2.89.